The van der Waals surface area contributed by atoms with Gasteiger partial charge in [0.25, 0.3) is 0 Å². The van der Waals surface area contributed by atoms with Crippen LogP contribution in [0.2, 0.25) is 0 Å². The second-order valence-corrected chi connectivity index (χ2v) is 8.05. The molecule has 1 aliphatic heterocycles. The zero-order valence-corrected chi connectivity index (χ0v) is 12.8. The first-order valence-corrected chi connectivity index (χ1v) is 8.80. The van der Waals surface area contributed by atoms with E-state index in [0.717, 1.165) is 19.3 Å². The van der Waals surface area contributed by atoms with Crippen molar-refractivity contribution in [3.8, 4) is 0 Å². The number of unbranched alkanes of at least 4 members (excludes halogenated alkanes) is 2. The van der Waals surface area contributed by atoms with Crippen molar-refractivity contribution in [3.63, 3.8) is 0 Å². The fraction of sp³-hybridized carbons (Fsp3) is 1.00. The molecule has 0 aliphatic carbocycles. The van der Waals surface area contributed by atoms with E-state index in [4.69, 9.17) is 5.73 Å². The second kappa shape index (κ2) is 6.35. The van der Waals surface area contributed by atoms with Crippen molar-refractivity contribution in [1.82, 2.24) is 4.90 Å². The molecule has 0 saturated carbocycles. The Morgan fingerprint density at radius 1 is 1.39 bits per heavy atom. The summed E-state index contributed by atoms with van der Waals surface area (Å²) in [6.07, 6.45) is 5.37. The van der Waals surface area contributed by atoms with Crippen LogP contribution in [0.15, 0.2) is 0 Å². The van der Waals surface area contributed by atoms with Crippen LogP contribution in [-0.2, 0) is 9.84 Å². The van der Waals surface area contributed by atoms with Gasteiger partial charge in [-0.3, -0.25) is 4.90 Å². The predicted molar refractivity (Wildman–Crippen MR) is 76.4 cm³/mol. The summed E-state index contributed by atoms with van der Waals surface area (Å²) in [5.74, 6) is 0.629. The Morgan fingerprint density at radius 2 is 2.06 bits per heavy atom. The summed E-state index contributed by atoms with van der Waals surface area (Å²) in [6.45, 7) is 4.93. The van der Waals surface area contributed by atoms with Crippen LogP contribution in [0.4, 0.5) is 0 Å². The van der Waals surface area contributed by atoms with Gasteiger partial charge in [0, 0.05) is 18.1 Å². The number of nitrogens with zero attached hydrogens (tertiary/aromatic N) is 1. The van der Waals surface area contributed by atoms with Crippen molar-refractivity contribution in [2.75, 3.05) is 25.1 Å². The summed E-state index contributed by atoms with van der Waals surface area (Å²) in [7, 11) is -0.785. The van der Waals surface area contributed by atoms with Gasteiger partial charge in [0.2, 0.25) is 0 Å². The molecule has 0 bridgehead atoms. The average molecular weight is 276 g/mol. The number of rotatable bonds is 7. The van der Waals surface area contributed by atoms with Crippen LogP contribution in [-0.4, -0.2) is 50.0 Å². The third kappa shape index (κ3) is 3.93. The van der Waals surface area contributed by atoms with E-state index in [2.05, 4.69) is 18.7 Å². The first-order chi connectivity index (χ1) is 8.34. The summed E-state index contributed by atoms with van der Waals surface area (Å²) >= 11 is 0. The Labute approximate surface area is 112 Å². The molecule has 1 aliphatic rings. The Hall–Kier alpha value is -0.130. The van der Waals surface area contributed by atoms with E-state index in [-0.39, 0.29) is 11.6 Å². The highest BCUT2D eigenvalue weighted by atomic mass is 32.2. The Bertz CT molecular complexity index is 356. The summed E-state index contributed by atoms with van der Waals surface area (Å²) in [5.41, 5.74) is 5.86. The van der Waals surface area contributed by atoms with Crippen molar-refractivity contribution in [3.05, 3.63) is 0 Å². The summed E-state index contributed by atoms with van der Waals surface area (Å²) in [4.78, 5) is 2.22. The monoisotopic (exact) mass is 276 g/mol. The van der Waals surface area contributed by atoms with Gasteiger partial charge in [0.1, 0.15) is 0 Å². The highest BCUT2D eigenvalue weighted by Crippen LogP contribution is 2.27. The lowest BCUT2D eigenvalue weighted by atomic mass is 9.91. The molecule has 1 heterocycles. The van der Waals surface area contributed by atoms with E-state index in [1.165, 1.54) is 12.8 Å². The molecule has 2 atom stereocenters. The van der Waals surface area contributed by atoms with Crippen molar-refractivity contribution < 1.29 is 8.42 Å². The van der Waals surface area contributed by atoms with E-state index in [1.807, 2.05) is 7.05 Å². The molecule has 18 heavy (non-hydrogen) atoms. The third-order valence-electron chi connectivity index (χ3n) is 4.37. The Morgan fingerprint density at radius 3 is 2.50 bits per heavy atom. The van der Waals surface area contributed by atoms with E-state index in [1.54, 1.807) is 0 Å². The van der Waals surface area contributed by atoms with Crippen LogP contribution in [0.5, 0.6) is 0 Å². The van der Waals surface area contributed by atoms with Crippen LogP contribution in [0.1, 0.15) is 46.0 Å². The lowest BCUT2D eigenvalue weighted by molar-refractivity contribution is 0.0922. The SMILES string of the molecule is CCCCCC(C)(CN)N(C)C1CCS(=O)(=O)C1. The van der Waals surface area contributed by atoms with Crippen LogP contribution in [0, 0.1) is 0 Å². The Balaban J connectivity index is 2.63. The standard InChI is InChI=1S/C13H28N2O2S/c1-4-5-6-8-13(2,11-14)15(3)12-7-9-18(16,17)10-12/h12H,4-11,14H2,1-3H3. The number of sulfone groups is 1. The summed E-state index contributed by atoms with van der Waals surface area (Å²) in [6, 6.07) is 0.144. The predicted octanol–water partition coefficient (Wildman–Crippen LogP) is 1.40. The molecule has 1 fully saturated rings. The quantitative estimate of drug-likeness (QED) is 0.714. The Kier molecular flexibility index (Phi) is 5.62. The zero-order chi connectivity index (χ0) is 13.8. The largest absolute Gasteiger partial charge is 0.329 e. The lowest BCUT2D eigenvalue weighted by Gasteiger charge is -2.41. The molecular formula is C13H28N2O2S. The van der Waals surface area contributed by atoms with Crippen LogP contribution in [0.3, 0.4) is 0 Å². The van der Waals surface area contributed by atoms with Gasteiger partial charge in [-0.15, -0.1) is 0 Å². The molecule has 0 amide bonds. The molecule has 2 unspecified atom stereocenters. The highest BCUT2D eigenvalue weighted by molar-refractivity contribution is 7.91. The van der Waals surface area contributed by atoms with E-state index < -0.39 is 9.84 Å². The van der Waals surface area contributed by atoms with Crippen molar-refractivity contribution >= 4 is 9.84 Å². The topological polar surface area (TPSA) is 63.4 Å². The van der Waals surface area contributed by atoms with Crippen LogP contribution >= 0.6 is 0 Å². The smallest absolute Gasteiger partial charge is 0.151 e. The minimum absolute atomic E-state index is 0.0697. The number of hydrogen-bond acceptors (Lipinski definition) is 4. The van der Waals surface area contributed by atoms with Gasteiger partial charge in [-0.2, -0.15) is 0 Å². The molecular weight excluding hydrogens is 248 g/mol. The van der Waals surface area contributed by atoms with Crippen LogP contribution < -0.4 is 5.73 Å². The molecule has 108 valence electrons. The lowest BCUT2D eigenvalue weighted by Crippen LogP contribution is -2.54. The zero-order valence-electron chi connectivity index (χ0n) is 12.0. The van der Waals surface area contributed by atoms with E-state index in [9.17, 15) is 8.42 Å². The van der Waals surface area contributed by atoms with E-state index >= 15 is 0 Å². The number of hydrogen-bond donors (Lipinski definition) is 1. The number of likely N-dealkylation sites (N-methyl/N-ethyl adjacent to an activating group) is 1. The molecule has 1 rings (SSSR count). The van der Waals surface area contributed by atoms with Gasteiger partial charge < -0.3 is 5.73 Å². The molecule has 0 aromatic heterocycles. The molecule has 0 spiro atoms. The third-order valence-corrected chi connectivity index (χ3v) is 6.12. The minimum Gasteiger partial charge on any atom is -0.329 e. The molecule has 4 nitrogen and oxygen atoms in total. The maximum Gasteiger partial charge on any atom is 0.151 e. The maximum absolute atomic E-state index is 11.6. The van der Waals surface area contributed by atoms with Gasteiger partial charge in [-0.25, -0.2) is 8.42 Å². The molecule has 5 heteroatoms. The molecule has 2 N–H and O–H groups in total. The summed E-state index contributed by atoms with van der Waals surface area (Å²) < 4.78 is 23.1. The first kappa shape index (κ1) is 15.9. The molecule has 0 aromatic rings. The van der Waals surface area contributed by atoms with Gasteiger partial charge in [0.05, 0.1) is 11.5 Å². The normalized spacial score (nSPS) is 26.4. The fourth-order valence-electron chi connectivity index (χ4n) is 2.70. The highest BCUT2D eigenvalue weighted by Gasteiger charge is 2.38. The molecule has 1 saturated heterocycles. The van der Waals surface area contributed by atoms with Crippen molar-refractivity contribution in [1.29, 1.82) is 0 Å². The first-order valence-electron chi connectivity index (χ1n) is 6.98. The molecule has 0 aromatic carbocycles. The van der Waals surface area contributed by atoms with E-state index in [0.29, 0.717) is 18.1 Å². The molecule has 0 radical (unpaired) electrons. The van der Waals surface area contributed by atoms with Gasteiger partial charge in [-0.05, 0) is 26.8 Å². The second-order valence-electron chi connectivity index (χ2n) is 5.83. The van der Waals surface area contributed by atoms with Crippen molar-refractivity contribution in [2.45, 2.75) is 57.5 Å². The van der Waals surface area contributed by atoms with Gasteiger partial charge in [-0.1, -0.05) is 26.2 Å². The van der Waals surface area contributed by atoms with Gasteiger partial charge >= 0.3 is 0 Å². The summed E-state index contributed by atoms with van der Waals surface area (Å²) in [5, 5.41) is 0. The maximum atomic E-state index is 11.6. The van der Waals surface area contributed by atoms with Crippen molar-refractivity contribution in [2.24, 2.45) is 5.73 Å². The fourth-order valence-corrected chi connectivity index (χ4v) is 4.47. The minimum atomic E-state index is -2.82. The average Bonchev–Trinajstić information content (AvgIpc) is 2.68. The van der Waals surface area contributed by atoms with Crippen LogP contribution in [0.25, 0.3) is 0 Å². The number of nitrogens with two attached hydrogens (primary N) is 1. The van der Waals surface area contributed by atoms with Gasteiger partial charge in [0.15, 0.2) is 9.84 Å².